The van der Waals surface area contributed by atoms with Crippen molar-refractivity contribution in [1.29, 1.82) is 0 Å². The number of nitrogens with one attached hydrogen (secondary N) is 2. The molecule has 12 heteroatoms. The Morgan fingerprint density at radius 3 is 1.86 bits per heavy atom. The van der Waals surface area contributed by atoms with Crippen LogP contribution in [0.1, 0.15) is 72.6 Å². The van der Waals surface area contributed by atoms with E-state index < -0.39 is 22.7 Å². The standard InChI is InChI=1S/C31H35N3O9/c1-17(2)41-26-16-21(31(37)43-19(5)6)10-14-24(26)32-30(36)23-13-15-25(28(27(23)40-7)42-18(3)4)33-29(35)20-8-11-22(12-9-20)34(38)39/h8-19H,1-7H3,(H,32,36)(H,33,35). The van der Waals surface area contributed by atoms with Crippen molar-refractivity contribution < 1.29 is 38.3 Å². The number of carbonyl (C=O) groups excluding carboxylic acids is 3. The molecule has 0 bridgehead atoms. The first-order valence-corrected chi connectivity index (χ1v) is 13.6. The van der Waals surface area contributed by atoms with Gasteiger partial charge < -0.3 is 29.6 Å². The van der Waals surface area contributed by atoms with E-state index in [2.05, 4.69) is 10.6 Å². The van der Waals surface area contributed by atoms with Gasteiger partial charge in [-0.05, 0) is 84.0 Å². The van der Waals surface area contributed by atoms with E-state index in [0.717, 1.165) is 0 Å². The van der Waals surface area contributed by atoms with Gasteiger partial charge >= 0.3 is 5.97 Å². The Balaban J connectivity index is 1.96. The van der Waals surface area contributed by atoms with Crippen LogP contribution in [0.4, 0.5) is 17.1 Å². The van der Waals surface area contributed by atoms with Crippen LogP contribution in [0.5, 0.6) is 17.2 Å². The molecule has 2 N–H and O–H groups in total. The zero-order chi connectivity index (χ0) is 31.8. The summed E-state index contributed by atoms with van der Waals surface area (Å²) in [4.78, 5) is 49.3. The molecule has 0 radical (unpaired) electrons. The van der Waals surface area contributed by atoms with Crippen molar-refractivity contribution in [2.75, 3.05) is 17.7 Å². The molecule has 0 aliphatic rings. The second kappa shape index (κ2) is 14.2. The molecule has 0 aliphatic heterocycles. The molecular formula is C31H35N3O9. The maximum absolute atomic E-state index is 13.5. The van der Waals surface area contributed by atoms with Gasteiger partial charge in [-0.3, -0.25) is 19.7 Å². The SMILES string of the molecule is COc1c(C(=O)Nc2ccc(C(=O)OC(C)C)cc2OC(C)C)ccc(NC(=O)c2ccc([N+](=O)[O-])cc2)c1OC(C)C. The van der Waals surface area contributed by atoms with E-state index in [1.807, 2.05) is 13.8 Å². The molecule has 0 spiro atoms. The van der Waals surface area contributed by atoms with Crippen LogP contribution in [0.2, 0.25) is 0 Å². The van der Waals surface area contributed by atoms with Gasteiger partial charge in [-0.2, -0.15) is 0 Å². The molecule has 0 saturated heterocycles. The predicted octanol–water partition coefficient (Wildman–Crippen LogP) is 6.25. The lowest BCUT2D eigenvalue weighted by atomic mass is 10.1. The van der Waals surface area contributed by atoms with Gasteiger partial charge in [0.1, 0.15) is 5.75 Å². The smallest absolute Gasteiger partial charge is 0.338 e. The van der Waals surface area contributed by atoms with Crippen LogP contribution in [0, 0.1) is 10.1 Å². The van der Waals surface area contributed by atoms with Crippen LogP contribution in [-0.4, -0.2) is 48.1 Å². The summed E-state index contributed by atoms with van der Waals surface area (Å²) in [6.45, 7) is 10.7. The molecule has 0 atom stereocenters. The molecule has 0 heterocycles. The number of nitro benzene ring substituents is 1. The highest BCUT2D eigenvalue weighted by molar-refractivity contribution is 6.10. The highest BCUT2D eigenvalue weighted by atomic mass is 16.6. The van der Waals surface area contributed by atoms with Gasteiger partial charge in [-0.1, -0.05) is 0 Å². The van der Waals surface area contributed by atoms with Gasteiger partial charge in [0.15, 0.2) is 11.5 Å². The van der Waals surface area contributed by atoms with Gasteiger partial charge in [-0.25, -0.2) is 4.79 Å². The molecule has 12 nitrogen and oxygen atoms in total. The lowest BCUT2D eigenvalue weighted by Crippen LogP contribution is -2.19. The molecule has 0 unspecified atom stereocenters. The monoisotopic (exact) mass is 593 g/mol. The van der Waals surface area contributed by atoms with Gasteiger partial charge in [-0.15, -0.1) is 0 Å². The van der Waals surface area contributed by atoms with Crippen LogP contribution in [0.3, 0.4) is 0 Å². The Morgan fingerprint density at radius 2 is 1.30 bits per heavy atom. The first-order chi connectivity index (χ1) is 20.3. The third-order valence-electron chi connectivity index (χ3n) is 5.67. The molecular weight excluding hydrogens is 558 g/mol. The number of anilines is 2. The van der Waals surface area contributed by atoms with Crippen LogP contribution in [0.25, 0.3) is 0 Å². The summed E-state index contributed by atoms with van der Waals surface area (Å²) in [6.07, 6.45) is -0.921. The van der Waals surface area contributed by atoms with Crippen molar-refractivity contribution in [2.45, 2.75) is 59.9 Å². The van der Waals surface area contributed by atoms with Gasteiger partial charge in [0.25, 0.3) is 17.5 Å². The van der Waals surface area contributed by atoms with E-state index in [-0.39, 0.29) is 63.6 Å². The summed E-state index contributed by atoms with van der Waals surface area (Å²) in [5, 5.41) is 16.5. The van der Waals surface area contributed by atoms with E-state index >= 15 is 0 Å². The Hall–Kier alpha value is -5.13. The van der Waals surface area contributed by atoms with Gasteiger partial charge in [0, 0.05) is 17.7 Å². The maximum Gasteiger partial charge on any atom is 0.338 e. The molecule has 0 fully saturated rings. The fourth-order valence-electron chi connectivity index (χ4n) is 3.90. The van der Waals surface area contributed by atoms with E-state index in [1.54, 1.807) is 33.8 Å². The molecule has 3 aromatic carbocycles. The number of benzene rings is 3. The summed E-state index contributed by atoms with van der Waals surface area (Å²) in [5.41, 5.74) is 0.932. The van der Waals surface area contributed by atoms with Crippen molar-refractivity contribution in [3.8, 4) is 17.2 Å². The normalized spacial score (nSPS) is 10.8. The van der Waals surface area contributed by atoms with Crippen molar-refractivity contribution >= 4 is 34.8 Å². The highest BCUT2D eigenvalue weighted by Gasteiger charge is 2.24. The predicted molar refractivity (Wildman–Crippen MR) is 161 cm³/mol. The number of carbonyl (C=O) groups is 3. The number of methoxy groups -OCH3 is 1. The number of hydrogen-bond acceptors (Lipinski definition) is 9. The van der Waals surface area contributed by atoms with Crippen LogP contribution < -0.4 is 24.8 Å². The second-order valence-corrected chi connectivity index (χ2v) is 10.2. The zero-order valence-corrected chi connectivity index (χ0v) is 25.0. The number of amides is 2. The summed E-state index contributed by atoms with van der Waals surface area (Å²) in [7, 11) is 1.36. The van der Waals surface area contributed by atoms with Crippen molar-refractivity contribution in [3.05, 3.63) is 81.4 Å². The third kappa shape index (κ3) is 8.44. The average molecular weight is 594 g/mol. The Bertz CT molecular complexity index is 1500. The van der Waals surface area contributed by atoms with Crippen LogP contribution >= 0.6 is 0 Å². The van der Waals surface area contributed by atoms with Gasteiger partial charge in [0.2, 0.25) is 0 Å². The van der Waals surface area contributed by atoms with E-state index in [4.69, 9.17) is 18.9 Å². The van der Waals surface area contributed by atoms with E-state index in [0.29, 0.717) is 5.69 Å². The average Bonchev–Trinajstić information content (AvgIpc) is 2.93. The quantitative estimate of drug-likeness (QED) is 0.141. The first kappa shape index (κ1) is 32.4. The first-order valence-electron chi connectivity index (χ1n) is 13.6. The fraction of sp³-hybridized carbons (Fsp3) is 0.323. The number of nitro groups is 1. The fourth-order valence-corrected chi connectivity index (χ4v) is 3.90. The number of rotatable bonds is 12. The molecule has 0 saturated carbocycles. The minimum Gasteiger partial charge on any atom is -0.492 e. The summed E-state index contributed by atoms with van der Waals surface area (Å²) in [6, 6.07) is 12.6. The number of ether oxygens (including phenoxy) is 4. The number of non-ortho nitro benzene ring substituents is 1. The number of nitrogens with zero attached hydrogens (tertiary/aromatic N) is 1. The summed E-state index contributed by atoms with van der Waals surface area (Å²) >= 11 is 0. The molecule has 0 aromatic heterocycles. The van der Waals surface area contributed by atoms with Crippen LogP contribution in [-0.2, 0) is 4.74 Å². The largest absolute Gasteiger partial charge is 0.492 e. The molecule has 43 heavy (non-hydrogen) atoms. The van der Waals surface area contributed by atoms with E-state index in [1.165, 1.54) is 55.6 Å². The minimum atomic E-state index is -0.565. The molecule has 3 rings (SSSR count). The molecule has 3 aromatic rings. The lowest BCUT2D eigenvalue weighted by molar-refractivity contribution is -0.384. The Labute approximate surface area is 249 Å². The van der Waals surface area contributed by atoms with Crippen molar-refractivity contribution in [3.63, 3.8) is 0 Å². The summed E-state index contributed by atoms with van der Waals surface area (Å²) in [5.74, 6) is -1.18. The Morgan fingerprint density at radius 1 is 0.721 bits per heavy atom. The third-order valence-corrected chi connectivity index (χ3v) is 5.67. The molecule has 0 aliphatic carbocycles. The number of esters is 1. The molecule has 228 valence electrons. The van der Waals surface area contributed by atoms with Crippen molar-refractivity contribution in [1.82, 2.24) is 0 Å². The van der Waals surface area contributed by atoms with Gasteiger partial charge in [0.05, 0.1) is 52.8 Å². The van der Waals surface area contributed by atoms with Crippen LogP contribution in [0.15, 0.2) is 54.6 Å². The van der Waals surface area contributed by atoms with E-state index in [9.17, 15) is 24.5 Å². The second-order valence-electron chi connectivity index (χ2n) is 10.2. The summed E-state index contributed by atoms with van der Waals surface area (Å²) < 4.78 is 22.7. The zero-order valence-electron chi connectivity index (χ0n) is 25.0. The minimum absolute atomic E-state index is 0.0659. The molecule has 2 amide bonds. The van der Waals surface area contributed by atoms with Crippen molar-refractivity contribution in [2.24, 2.45) is 0 Å². The lowest BCUT2D eigenvalue weighted by Gasteiger charge is -2.21. The maximum atomic E-state index is 13.5. The highest BCUT2D eigenvalue weighted by Crippen LogP contribution is 2.40. The number of hydrogen-bond donors (Lipinski definition) is 2. The topological polar surface area (TPSA) is 155 Å². The Kier molecular flexibility index (Phi) is 10.7.